The molecule has 0 saturated heterocycles. The minimum atomic E-state index is -3.76. The van der Waals surface area contributed by atoms with Crippen molar-refractivity contribution in [1.82, 2.24) is 19.0 Å². The summed E-state index contributed by atoms with van der Waals surface area (Å²) in [4.78, 5) is 14.9. The van der Waals surface area contributed by atoms with Crippen molar-refractivity contribution in [3.8, 4) is 0 Å². The van der Waals surface area contributed by atoms with Crippen molar-refractivity contribution < 1.29 is 18.4 Å². The Morgan fingerprint density at radius 2 is 2.14 bits per heavy atom. The second-order valence-electron chi connectivity index (χ2n) is 4.33. The summed E-state index contributed by atoms with van der Waals surface area (Å²) in [6.45, 7) is 1.70. The van der Waals surface area contributed by atoms with Gasteiger partial charge in [-0.1, -0.05) is 0 Å². The first kappa shape index (κ1) is 15.0. The van der Waals surface area contributed by atoms with Crippen LogP contribution in [0.1, 0.15) is 11.4 Å². The first-order chi connectivity index (χ1) is 9.84. The third-order valence-corrected chi connectivity index (χ3v) is 4.36. The van der Waals surface area contributed by atoms with Gasteiger partial charge in [-0.05, 0) is 24.6 Å². The number of aromatic nitrogens is 3. The molecule has 0 aliphatic heterocycles. The summed E-state index contributed by atoms with van der Waals surface area (Å²) in [5.74, 6) is -0.119. The number of hydroxylamine groups is 1. The first-order valence-corrected chi connectivity index (χ1v) is 7.34. The van der Waals surface area contributed by atoms with Crippen molar-refractivity contribution in [2.75, 3.05) is 0 Å². The number of nitrogens with zero attached hydrogens (tertiary/aromatic N) is 3. The van der Waals surface area contributed by atoms with Crippen LogP contribution in [-0.2, 0) is 21.9 Å². The van der Waals surface area contributed by atoms with Crippen molar-refractivity contribution in [2.45, 2.75) is 11.9 Å². The number of imidazole rings is 1. The highest BCUT2D eigenvalue weighted by atomic mass is 32.2. The summed E-state index contributed by atoms with van der Waals surface area (Å²) >= 11 is 0. The van der Waals surface area contributed by atoms with Crippen molar-refractivity contribution >= 4 is 22.0 Å². The lowest BCUT2D eigenvalue weighted by atomic mass is 10.3. The lowest BCUT2D eigenvalue weighted by molar-refractivity contribution is -0.124. The first-order valence-electron chi connectivity index (χ1n) is 5.90. The number of rotatable bonds is 4. The molecule has 8 nitrogen and oxygen atoms in total. The number of amides is 1. The Morgan fingerprint density at radius 1 is 1.43 bits per heavy atom. The van der Waals surface area contributed by atoms with Gasteiger partial charge in [0.1, 0.15) is 5.82 Å². The number of nitrogens with one attached hydrogen (secondary N) is 1. The van der Waals surface area contributed by atoms with Gasteiger partial charge in [0.05, 0.1) is 0 Å². The molecule has 9 heteroatoms. The van der Waals surface area contributed by atoms with Gasteiger partial charge in [-0.2, -0.15) is 8.42 Å². The Balaban J connectivity index is 2.32. The van der Waals surface area contributed by atoms with Crippen LogP contribution in [0.3, 0.4) is 0 Å². The lowest BCUT2D eigenvalue weighted by Crippen LogP contribution is -2.14. The predicted molar refractivity (Wildman–Crippen MR) is 73.9 cm³/mol. The summed E-state index contributed by atoms with van der Waals surface area (Å²) in [5, 5.41) is 8.31. The number of aryl methyl sites for hydroxylation is 2. The third-order valence-electron chi connectivity index (χ3n) is 2.86. The van der Waals surface area contributed by atoms with E-state index in [2.05, 4.69) is 4.98 Å². The molecule has 0 unspecified atom stereocenters. The largest absolute Gasteiger partial charge is 0.337 e. The summed E-state index contributed by atoms with van der Waals surface area (Å²) in [7, 11) is -2.06. The molecule has 2 heterocycles. The quantitative estimate of drug-likeness (QED) is 0.479. The van der Waals surface area contributed by atoms with Crippen LogP contribution < -0.4 is 5.48 Å². The van der Waals surface area contributed by atoms with Crippen LogP contribution in [-0.4, -0.2) is 33.1 Å². The Bertz CT molecular complexity index is 782. The molecular formula is C12H14N4O4S. The summed E-state index contributed by atoms with van der Waals surface area (Å²) < 4.78 is 27.3. The Morgan fingerprint density at radius 3 is 2.71 bits per heavy atom. The van der Waals surface area contributed by atoms with E-state index >= 15 is 0 Å². The van der Waals surface area contributed by atoms with E-state index in [-0.39, 0.29) is 5.03 Å². The van der Waals surface area contributed by atoms with Crippen LogP contribution in [0.2, 0.25) is 0 Å². The van der Waals surface area contributed by atoms with Crippen LogP contribution in [0.4, 0.5) is 0 Å². The Kier molecular flexibility index (Phi) is 3.96. The van der Waals surface area contributed by atoms with Gasteiger partial charge in [-0.15, -0.1) is 0 Å². The van der Waals surface area contributed by atoms with Crippen molar-refractivity contribution in [1.29, 1.82) is 0 Å². The zero-order chi connectivity index (χ0) is 15.6. The zero-order valence-electron chi connectivity index (χ0n) is 11.4. The number of carbonyl (C=O) groups excluding carboxylic acids is 1. The van der Waals surface area contributed by atoms with E-state index < -0.39 is 15.9 Å². The average molecular weight is 310 g/mol. The maximum absolute atomic E-state index is 12.4. The predicted octanol–water partition coefficient (Wildman–Crippen LogP) is 0.286. The van der Waals surface area contributed by atoms with E-state index in [9.17, 15) is 13.2 Å². The second-order valence-corrected chi connectivity index (χ2v) is 6.12. The molecule has 112 valence electrons. The van der Waals surface area contributed by atoms with Crippen molar-refractivity contribution in [2.24, 2.45) is 7.05 Å². The minimum Gasteiger partial charge on any atom is -0.337 e. The molecule has 1 amide bonds. The highest BCUT2D eigenvalue weighted by Gasteiger charge is 2.20. The molecule has 0 aromatic carbocycles. The normalized spacial score (nSPS) is 12.0. The van der Waals surface area contributed by atoms with Gasteiger partial charge in [0, 0.05) is 31.7 Å². The van der Waals surface area contributed by atoms with Gasteiger partial charge in [0.2, 0.25) is 0 Å². The summed E-state index contributed by atoms with van der Waals surface area (Å²) in [5.41, 5.74) is 1.94. The molecule has 2 N–H and O–H groups in total. The average Bonchev–Trinajstić information content (AvgIpc) is 3.04. The van der Waals surface area contributed by atoms with Crippen LogP contribution in [0.25, 0.3) is 6.08 Å². The molecule has 0 radical (unpaired) electrons. The monoisotopic (exact) mass is 310 g/mol. The SMILES string of the molecule is Cc1nc(S(=O)(=O)n2ccc(/C=C/C(=O)NO)c2)cn1C. The molecule has 2 aromatic rings. The topological polar surface area (TPSA) is 106 Å². The van der Waals surface area contributed by atoms with Gasteiger partial charge in [-0.3, -0.25) is 10.0 Å². The maximum Gasteiger partial charge on any atom is 0.286 e. The molecule has 0 bridgehead atoms. The highest BCUT2D eigenvalue weighted by Crippen LogP contribution is 2.15. The van der Waals surface area contributed by atoms with Gasteiger partial charge in [0.25, 0.3) is 15.9 Å². The van der Waals surface area contributed by atoms with Gasteiger partial charge in [-0.25, -0.2) is 14.4 Å². The Labute approximate surface area is 121 Å². The van der Waals surface area contributed by atoms with Crippen LogP contribution in [0, 0.1) is 6.92 Å². The van der Waals surface area contributed by atoms with Crippen molar-refractivity contribution in [3.05, 3.63) is 42.1 Å². The molecule has 0 aliphatic carbocycles. The standard InChI is InChI=1S/C12H14N4O4S/c1-9-13-12(8-15(9)2)21(19,20)16-6-5-10(7-16)3-4-11(17)14-18/h3-8,18H,1-2H3,(H,14,17)/b4-3+. The van der Waals surface area contributed by atoms with Crippen LogP contribution in [0.15, 0.2) is 35.8 Å². The number of hydrogen-bond donors (Lipinski definition) is 2. The summed E-state index contributed by atoms with van der Waals surface area (Å²) in [6, 6.07) is 1.52. The molecule has 0 saturated carbocycles. The molecular weight excluding hydrogens is 296 g/mol. The van der Waals surface area contributed by atoms with E-state index in [1.165, 1.54) is 36.2 Å². The van der Waals surface area contributed by atoms with Gasteiger partial charge in [0.15, 0.2) is 5.03 Å². The molecule has 2 rings (SSSR count). The Hall–Kier alpha value is -2.39. The van der Waals surface area contributed by atoms with Crippen molar-refractivity contribution in [3.63, 3.8) is 0 Å². The number of hydrogen-bond acceptors (Lipinski definition) is 5. The van der Waals surface area contributed by atoms with Gasteiger partial charge >= 0.3 is 0 Å². The van der Waals surface area contributed by atoms with E-state index in [1.807, 2.05) is 0 Å². The lowest BCUT2D eigenvalue weighted by Gasteiger charge is -2.00. The molecule has 0 atom stereocenters. The van der Waals surface area contributed by atoms with Crippen LogP contribution in [0.5, 0.6) is 0 Å². The van der Waals surface area contributed by atoms with Gasteiger partial charge < -0.3 is 4.57 Å². The fourth-order valence-corrected chi connectivity index (χ4v) is 2.84. The number of carbonyl (C=O) groups is 1. The highest BCUT2D eigenvalue weighted by molar-refractivity contribution is 7.89. The molecule has 0 aliphatic rings. The molecule has 2 aromatic heterocycles. The van der Waals surface area contributed by atoms with Crippen LogP contribution >= 0.6 is 0 Å². The zero-order valence-corrected chi connectivity index (χ0v) is 12.2. The smallest absolute Gasteiger partial charge is 0.286 e. The van der Waals surface area contributed by atoms with E-state index in [0.717, 1.165) is 10.0 Å². The second kappa shape index (κ2) is 5.54. The molecule has 0 spiro atoms. The minimum absolute atomic E-state index is 0.0540. The fourth-order valence-electron chi connectivity index (χ4n) is 1.61. The van der Waals surface area contributed by atoms with E-state index in [4.69, 9.17) is 5.21 Å². The van der Waals surface area contributed by atoms with E-state index in [1.54, 1.807) is 18.5 Å². The molecule has 0 fully saturated rings. The maximum atomic E-state index is 12.4. The third kappa shape index (κ3) is 3.03. The molecule has 21 heavy (non-hydrogen) atoms. The summed E-state index contributed by atoms with van der Waals surface area (Å²) in [6.07, 6.45) is 6.59. The fraction of sp³-hybridized carbons (Fsp3) is 0.167. The van der Waals surface area contributed by atoms with E-state index in [0.29, 0.717) is 11.4 Å².